The lowest BCUT2D eigenvalue weighted by Crippen LogP contribution is -2.45. The van der Waals surface area contributed by atoms with E-state index in [4.69, 9.17) is 11.6 Å². The van der Waals surface area contributed by atoms with E-state index in [-0.39, 0.29) is 22.6 Å². The highest BCUT2D eigenvalue weighted by atomic mass is 35.5. The molecule has 0 aliphatic carbocycles. The molecule has 0 spiro atoms. The molecular weight excluding hydrogens is 332 g/mol. The zero-order valence-electron chi connectivity index (χ0n) is 12.6. The molecule has 0 bridgehead atoms. The molecule has 0 saturated carbocycles. The second-order valence-corrected chi connectivity index (χ2v) is 5.79. The van der Waals surface area contributed by atoms with Crippen molar-refractivity contribution in [1.82, 2.24) is 4.90 Å². The maximum absolute atomic E-state index is 12.4. The molecule has 122 valence electrons. The minimum Gasteiger partial charge on any atom is -0.506 e. The van der Waals surface area contributed by atoms with Crippen LogP contribution in [-0.2, 0) is 4.79 Å². The number of phenols is 1. The number of hydrogen-bond donors (Lipinski definition) is 2. The van der Waals surface area contributed by atoms with Gasteiger partial charge in [0.2, 0.25) is 5.91 Å². The molecule has 0 radical (unpaired) electrons. The van der Waals surface area contributed by atoms with Gasteiger partial charge in [-0.3, -0.25) is 19.3 Å². The topological polar surface area (TPSA) is 86.7 Å². The normalized spacial score (nSPS) is 14.5. The van der Waals surface area contributed by atoms with Gasteiger partial charge in [0.25, 0.3) is 11.8 Å². The second kappa shape index (κ2) is 5.98. The van der Waals surface area contributed by atoms with Crippen molar-refractivity contribution in [3.8, 4) is 5.75 Å². The number of benzene rings is 2. The van der Waals surface area contributed by atoms with E-state index in [1.807, 2.05) is 0 Å². The molecule has 6 nitrogen and oxygen atoms in total. The number of aromatic hydroxyl groups is 1. The van der Waals surface area contributed by atoms with Crippen LogP contribution in [0.25, 0.3) is 0 Å². The first kappa shape index (κ1) is 16.0. The number of imide groups is 1. The number of nitrogens with one attached hydrogen (secondary N) is 1. The van der Waals surface area contributed by atoms with Gasteiger partial charge in [-0.15, -0.1) is 0 Å². The quantitative estimate of drug-likeness (QED) is 0.662. The van der Waals surface area contributed by atoms with Crippen molar-refractivity contribution in [3.05, 3.63) is 58.6 Å². The Bertz CT molecular complexity index is 830. The highest BCUT2D eigenvalue weighted by Crippen LogP contribution is 2.28. The van der Waals surface area contributed by atoms with Crippen LogP contribution in [0, 0.1) is 0 Å². The Balaban J connectivity index is 1.82. The monoisotopic (exact) mass is 344 g/mol. The van der Waals surface area contributed by atoms with E-state index in [1.165, 1.54) is 25.1 Å². The number of hydrogen-bond acceptors (Lipinski definition) is 4. The van der Waals surface area contributed by atoms with Gasteiger partial charge in [0.1, 0.15) is 11.8 Å². The van der Waals surface area contributed by atoms with Crippen molar-refractivity contribution in [3.63, 3.8) is 0 Å². The number of rotatable bonds is 3. The van der Waals surface area contributed by atoms with Crippen LogP contribution in [0.3, 0.4) is 0 Å². The third-order valence-electron chi connectivity index (χ3n) is 3.81. The molecule has 1 heterocycles. The van der Waals surface area contributed by atoms with Crippen LogP contribution in [0.1, 0.15) is 27.6 Å². The van der Waals surface area contributed by atoms with Gasteiger partial charge in [0.15, 0.2) is 0 Å². The van der Waals surface area contributed by atoms with E-state index in [9.17, 15) is 19.5 Å². The second-order valence-electron chi connectivity index (χ2n) is 5.35. The summed E-state index contributed by atoms with van der Waals surface area (Å²) in [5.41, 5.74) is 0.695. The average Bonchev–Trinajstić information content (AvgIpc) is 2.81. The third kappa shape index (κ3) is 2.61. The fraction of sp³-hybridized carbons (Fsp3) is 0.118. The number of fused-ring (bicyclic) bond motifs is 1. The van der Waals surface area contributed by atoms with Gasteiger partial charge in [0.05, 0.1) is 16.8 Å². The summed E-state index contributed by atoms with van der Waals surface area (Å²) in [6.45, 7) is 1.45. The Morgan fingerprint density at radius 2 is 1.71 bits per heavy atom. The molecule has 0 saturated heterocycles. The van der Waals surface area contributed by atoms with Gasteiger partial charge in [0, 0.05) is 11.1 Å². The Kier molecular flexibility index (Phi) is 3.99. The fourth-order valence-corrected chi connectivity index (χ4v) is 2.69. The number of halogens is 1. The molecule has 1 aliphatic heterocycles. The van der Waals surface area contributed by atoms with Crippen molar-refractivity contribution in [2.45, 2.75) is 13.0 Å². The summed E-state index contributed by atoms with van der Waals surface area (Å²) in [7, 11) is 0. The highest BCUT2D eigenvalue weighted by Gasteiger charge is 2.40. The summed E-state index contributed by atoms with van der Waals surface area (Å²) >= 11 is 5.74. The van der Waals surface area contributed by atoms with Crippen LogP contribution in [0.15, 0.2) is 42.5 Å². The summed E-state index contributed by atoms with van der Waals surface area (Å²) < 4.78 is 0. The summed E-state index contributed by atoms with van der Waals surface area (Å²) in [5.74, 6) is -1.83. The average molecular weight is 345 g/mol. The van der Waals surface area contributed by atoms with Crippen LogP contribution in [0.2, 0.25) is 5.02 Å². The minimum absolute atomic E-state index is 0.146. The lowest BCUT2D eigenvalue weighted by molar-refractivity contribution is -0.119. The lowest BCUT2D eigenvalue weighted by atomic mass is 10.1. The van der Waals surface area contributed by atoms with Crippen molar-refractivity contribution >= 4 is 35.0 Å². The molecule has 2 aromatic carbocycles. The van der Waals surface area contributed by atoms with Crippen LogP contribution in [0.4, 0.5) is 5.69 Å². The van der Waals surface area contributed by atoms with Gasteiger partial charge < -0.3 is 10.4 Å². The van der Waals surface area contributed by atoms with Crippen molar-refractivity contribution in [2.75, 3.05) is 5.32 Å². The Morgan fingerprint density at radius 3 is 2.25 bits per heavy atom. The number of anilines is 1. The van der Waals surface area contributed by atoms with Crippen molar-refractivity contribution in [2.24, 2.45) is 0 Å². The number of nitrogens with zero attached hydrogens (tertiary/aromatic N) is 1. The van der Waals surface area contributed by atoms with Crippen LogP contribution >= 0.6 is 11.6 Å². The predicted molar refractivity (Wildman–Crippen MR) is 88.2 cm³/mol. The Morgan fingerprint density at radius 1 is 1.12 bits per heavy atom. The van der Waals surface area contributed by atoms with E-state index in [0.29, 0.717) is 5.02 Å². The zero-order valence-corrected chi connectivity index (χ0v) is 13.4. The van der Waals surface area contributed by atoms with E-state index in [1.54, 1.807) is 24.3 Å². The first-order valence-electron chi connectivity index (χ1n) is 7.16. The Labute approximate surface area is 142 Å². The summed E-state index contributed by atoms with van der Waals surface area (Å²) in [5, 5.41) is 12.6. The van der Waals surface area contributed by atoms with Gasteiger partial charge in [-0.2, -0.15) is 0 Å². The number of carbonyl (C=O) groups excluding carboxylic acids is 3. The first-order valence-corrected chi connectivity index (χ1v) is 7.54. The molecule has 2 N–H and O–H groups in total. The number of amides is 3. The fourth-order valence-electron chi connectivity index (χ4n) is 2.52. The molecular formula is C17H13ClN2O4. The largest absolute Gasteiger partial charge is 0.506 e. The van der Waals surface area contributed by atoms with E-state index in [2.05, 4.69) is 5.32 Å². The highest BCUT2D eigenvalue weighted by molar-refractivity contribution is 6.30. The third-order valence-corrected chi connectivity index (χ3v) is 4.04. The number of carbonyl (C=O) groups is 3. The SMILES string of the molecule is C[C@H](C(=O)Nc1ccc(Cl)cc1O)N1C(=O)c2ccccc2C1=O. The molecule has 0 unspecified atom stereocenters. The van der Waals surface area contributed by atoms with Gasteiger partial charge in [-0.05, 0) is 31.2 Å². The minimum atomic E-state index is -1.03. The number of phenolic OH excluding ortho intramolecular Hbond substituents is 1. The van der Waals surface area contributed by atoms with Crippen molar-refractivity contribution in [1.29, 1.82) is 0 Å². The summed E-state index contributed by atoms with van der Waals surface area (Å²) in [6.07, 6.45) is 0. The molecule has 3 rings (SSSR count). The molecule has 1 atom stereocenters. The maximum atomic E-state index is 12.4. The van der Waals surface area contributed by atoms with Crippen LogP contribution < -0.4 is 5.32 Å². The molecule has 2 aromatic rings. The molecule has 0 aromatic heterocycles. The smallest absolute Gasteiger partial charge is 0.262 e. The van der Waals surface area contributed by atoms with Gasteiger partial charge in [-0.25, -0.2) is 0 Å². The maximum Gasteiger partial charge on any atom is 0.262 e. The molecule has 24 heavy (non-hydrogen) atoms. The first-order chi connectivity index (χ1) is 11.4. The predicted octanol–water partition coefficient (Wildman–Crippen LogP) is 2.67. The molecule has 7 heteroatoms. The standard InChI is InChI=1S/C17H13ClN2O4/c1-9(15(22)19-13-7-6-10(18)8-14(13)21)20-16(23)11-4-2-3-5-12(11)17(20)24/h2-9,21H,1H3,(H,19,22)/t9-/m1/s1. The van der Waals surface area contributed by atoms with Crippen molar-refractivity contribution < 1.29 is 19.5 Å². The van der Waals surface area contributed by atoms with E-state index < -0.39 is 23.8 Å². The molecule has 3 amide bonds. The molecule has 1 aliphatic rings. The van der Waals surface area contributed by atoms with Crippen LogP contribution in [0.5, 0.6) is 5.75 Å². The summed E-state index contributed by atoms with van der Waals surface area (Å²) in [4.78, 5) is 38.0. The summed E-state index contributed by atoms with van der Waals surface area (Å²) in [6, 6.07) is 9.59. The van der Waals surface area contributed by atoms with Gasteiger partial charge in [-0.1, -0.05) is 23.7 Å². The van der Waals surface area contributed by atoms with Gasteiger partial charge >= 0.3 is 0 Å². The Hall–Kier alpha value is -2.86. The van der Waals surface area contributed by atoms with Crippen LogP contribution in [-0.4, -0.2) is 33.8 Å². The zero-order chi connectivity index (χ0) is 17.4. The lowest BCUT2D eigenvalue weighted by Gasteiger charge is -2.22. The van der Waals surface area contributed by atoms with E-state index >= 15 is 0 Å². The molecule has 0 fully saturated rings. The van der Waals surface area contributed by atoms with E-state index in [0.717, 1.165) is 4.90 Å².